The third-order valence-corrected chi connectivity index (χ3v) is 5.17. The SMILES string of the molecule is CCOC(=O)C1CN(c2ccc(OC)cc2)CC1c1ccc2c(c1)OCO2. The van der Waals surface area contributed by atoms with E-state index in [0.717, 1.165) is 35.0 Å². The van der Waals surface area contributed by atoms with Gasteiger partial charge in [-0.2, -0.15) is 0 Å². The number of hydrogen-bond acceptors (Lipinski definition) is 6. The van der Waals surface area contributed by atoms with E-state index in [4.69, 9.17) is 18.9 Å². The van der Waals surface area contributed by atoms with Crippen LogP contribution in [-0.2, 0) is 9.53 Å². The Labute approximate surface area is 158 Å². The van der Waals surface area contributed by atoms with Crippen LogP contribution < -0.4 is 19.1 Å². The number of methoxy groups -OCH3 is 1. The van der Waals surface area contributed by atoms with Gasteiger partial charge < -0.3 is 23.8 Å². The van der Waals surface area contributed by atoms with Crippen LogP contribution >= 0.6 is 0 Å². The minimum absolute atomic E-state index is 0.0284. The van der Waals surface area contributed by atoms with Crippen molar-refractivity contribution in [3.63, 3.8) is 0 Å². The monoisotopic (exact) mass is 369 g/mol. The average Bonchev–Trinajstić information content (AvgIpc) is 3.34. The molecule has 0 aliphatic carbocycles. The van der Waals surface area contributed by atoms with Crippen molar-refractivity contribution < 1.29 is 23.7 Å². The van der Waals surface area contributed by atoms with Gasteiger partial charge in [-0.3, -0.25) is 4.79 Å². The first-order chi connectivity index (χ1) is 13.2. The minimum atomic E-state index is -0.229. The summed E-state index contributed by atoms with van der Waals surface area (Å²) >= 11 is 0. The van der Waals surface area contributed by atoms with E-state index in [1.165, 1.54) is 0 Å². The Bertz CT molecular complexity index is 820. The molecule has 2 aliphatic heterocycles. The molecule has 2 aromatic carbocycles. The molecule has 1 fully saturated rings. The predicted octanol–water partition coefficient (Wildman–Crippen LogP) is 3.21. The number of carbonyl (C=O) groups is 1. The first-order valence-electron chi connectivity index (χ1n) is 9.14. The van der Waals surface area contributed by atoms with Gasteiger partial charge in [0.2, 0.25) is 6.79 Å². The zero-order valence-electron chi connectivity index (χ0n) is 15.5. The Kier molecular flexibility index (Phi) is 4.79. The van der Waals surface area contributed by atoms with E-state index in [-0.39, 0.29) is 24.6 Å². The van der Waals surface area contributed by atoms with Crippen LogP contribution in [-0.4, -0.2) is 39.6 Å². The summed E-state index contributed by atoms with van der Waals surface area (Å²) in [5.41, 5.74) is 2.13. The van der Waals surface area contributed by atoms with E-state index >= 15 is 0 Å². The number of hydrogen-bond donors (Lipinski definition) is 0. The van der Waals surface area contributed by atoms with Crippen molar-refractivity contribution in [2.75, 3.05) is 38.5 Å². The minimum Gasteiger partial charge on any atom is -0.497 e. The maximum absolute atomic E-state index is 12.6. The van der Waals surface area contributed by atoms with E-state index in [9.17, 15) is 4.79 Å². The Balaban J connectivity index is 1.62. The summed E-state index contributed by atoms with van der Waals surface area (Å²) in [7, 11) is 1.65. The Morgan fingerprint density at radius 2 is 1.89 bits per heavy atom. The summed E-state index contributed by atoms with van der Waals surface area (Å²) in [6, 6.07) is 13.8. The molecular weight excluding hydrogens is 346 g/mol. The van der Waals surface area contributed by atoms with Crippen LogP contribution in [0.1, 0.15) is 18.4 Å². The topological polar surface area (TPSA) is 57.2 Å². The van der Waals surface area contributed by atoms with Gasteiger partial charge in [0.15, 0.2) is 11.5 Å². The van der Waals surface area contributed by atoms with Gasteiger partial charge in [0.05, 0.1) is 19.6 Å². The summed E-state index contributed by atoms with van der Waals surface area (Å²) in [6.07, 6.45) is 0. The van der Waals surface area contributed by atoms with Crippen LogP contribution in [0, 0.1) is 5.92 Å². The molecule has 2 unspecified atom stereocenters. The molecule has 0 aromatic heterocycles. The highest BCUT2D eigenvalue weighted by molar-refractivity contribution is 5.76. The second kappa shape index (κ2) is 7.39. The van der Waals surface area contributed by atoms with Gasteiger partial charge in [-0.05, 0) is 48.9 Å². The number of rotatable bonds is 5. The summed E-state index contributed by atoms with van der Waals surface area (Å²) in [6.45, 7) is 3.80. The van der Waals surface area contributed by atoms with E-state index in [1.807, 2.05) is 49.4 Å². The lowest BCUT2D eigenvalue weighted by Crippen LogP contribution is -2.25. The smallest absolute Gasteiger partial charge is 0.311 e. The van der Waals surface area contributed by atoms with Gasteiger partial charge in [-0.25, -0.2) is 0 Å². The van der Waals surface area contributed by atoms with Crippen LogP contribution in [0.4, 0.5) is 5.69 Å². The van der Waals surface area contributed by atoms with Gasteiger partial charge in [0.25, 0.3) is 0 Å². The fourth-order valence-electron chi connectivity index (χ4n) is 3.78. The number of esters is 1. The zero-order valence-corrected chi connectivity index (χ0v) is 15.5. The number of fused-ring (bicyclic) bond motifs is 1. The van der Waals surface area contributed by atoms with Crippen LogP contribution in [0.3, 0.4) is 0 Å². The van der Waals surface area contributed by atoms with Crippen molar-refractivity contribution in [3.8, 4) is 17.2 Å². The average molecular weight is 369 g/mol. The predicted molar refractivity (Wildman–Crippen MR) is 101 cm³/mol. The van der Waals surface area contributed by atoms with Gasteiger partial charge in [-0.1, -0.05) is 6.07 Å². The maximum atomic E-state index is 12.6. The first kappa shape index (κ1) is 17.5. The highest BCUT2D eigenvalue weighted by atomic mass is 16.7. The van der Waals surface area contributed by atoms with Crippen molar-refractivity contribution in [2.24, 2.45) is 5.92 Å². The van der Waals surface area contributed by atoms with Crippen molar-refractivity contribution in [2.45, 2.75) is 12.8 Å². The third kappa shape index (κ3) is 3.39. The maximum Gasteiger partial charge on any atom is 0.311 e. The number of benzene rings is 2. The molecule has 6 nitrogen and oxygen atoms in total. The Morgan fingerprint density at radius 1 is 1.11 bits per heavy atom. The molecule has 6 heteroatoms. The molecule has 1 saturated heterocycles. The van der Waals surface area contributed by atoms with E-state index < -0.39 is 0 Å². The molecule has 4 rings (SSSR count). The molecule has 0 spiro atoms. The van der Waals surface area contributed by atoms with Crippen molar-refractivity contribution >= 4 is 11.7 Å². The largest absolute Gasteiger partial charge is 0.497 e. The van der Waals surface area contributed by atoms with Crippen LogP contribution in [0.5, 0.6) is 17.2 Å². The molecule has 2 aliphatic rings. The van der Waals surface area contributed by atoms with Crippen molar-refractivity contribution in [3.05, 3.63) is 48.0 Å². The molecule has 2 atom stereocenters. The zero-order chi connectivity index (χ0) is 18.8. The highest BCUT2D eigenvalue weighted by Gasteiger charge is 2.40. The van der Waals surface area contributed by atoms with Crippen LogP contribution in [0.25, 0.3) is 0 Å². The first-order valence-corrected chi connectivity index (χ1v) is 9.14. The van der Waals surface area contributed by atoms with Crippen LogP contribution in [0.2, 0.25) is 0 Å². The molecule has 2 aromatic rings. The molecule has 2 heterocycles. The van der Waals surface area contributed by atoms with Gasteiger partial charge in [0.1, 0.15) is 5.75 Å². The van der Waals surface area contributed by atoms with E-state index in [0.29, 0.717) is 13.2 Å². The standard InChI is InChI=1S/C21H23NO5/c1-3-25-21(23)18-12-22(15-5-7-16(24-2)8-6-15)11-17(18)14-4-9-19-20(10-14)27-13-26-19/h4-10,17-18H,3,11-13H2,1-2H3. The van der Waals surface area contributed by atoms with Gasteiger partial charge in [-0.15, -0.1) is 0 Å². The molecule has 0 radical (unpaired) electrons. The van der Waals surface area contributed by atoms with Gasteiger partial charge >= 0.3 is 5.97 Å². The molecule has 0 N–H and O–H groups in total. The summed E-state index contributed by atoms with van der Waals surface area (Å²) in [4.78, 5) is 14.8. The number of carbonyl (C=O) groups excluding carboxylic acids is 1. The summed E-state index contributed by atoms with van der Waals surface area (Å²) in [5.74, 6) is 1.94. The second-order valence-electron chi connectivity index (χ2n) is 6.68. The number of nitrogens with zero attached hydrogens (tertiary/aromatic N) is 1. The van der Waals surface area contributed by atoms with E-state index in [1.54, 1.807) is 7.11 Å². The fourth-order valence-corrected chi connectivity index (χ4v) is 3.78. The van der Waals surface area contributed by atoms with Crippen molar-refractivity contribution in [1.29, 1.82) is 0 Å². The van der Waals surface area contributed by atoms with Crippen molar-refractivity contribution in [1.82, 2.24) is 0 Å². The molecule has 0 amide bonds. The molecule has 0 bridgehead atoms. The lowest BCUT2D eigenvalue weighted by molar-refractivity contribution is -0.147. The lowest BCUT2D eigenvalue weighted by Gasteiger charge is -2.19. The fraction of sp³-hybridized carbons (Fsp3) is 0.381. The number of anilines is 1. The second-order valence-corrected chi connectivity index (χ2v) is 6.68. The molecule has 142 valence electrons. The summed E-state index contributed by atoms with van der Waals surface area (Å²) < 4.78 is 21.5. The molecular formula is C21H23NO5. The third-order valence-electron chi connectivity index (χ3n) is 5.17. The van der Waals surface area contributed by atoms with E-state index in [2.05, 4.69) is 4.90 Å². The molecule has 0 saturated carbocycles. The lowest BCUT2D eigenvalue weighted by atomic mass is 9.89. The molecule has 27 heavy (non-hydrogen) atoms. The van der Waals surface area contributed by atoms with Crippen LogP contribution in [0.15, 0.2) is 42.5 Å². The number of ether oxygens (including phenoxy) is 4. The van der Waals surface area contributed by atoms with Gasteiger partial charge in [0, 0.05) is 24.7 Å². The Morgan fingerprint density at radius 3 is 2.63 bits per heavy atom. The quantitative estimate of drug-likeness (QED) is 0.755. The normalized spacial score (nSPS) is 20.6. The summed E-state index contributed by atoms with van der Waals surface area (Å²) in [5, 5.41) is 0. The Hall–Kier alpha value is -2.89. The highest BCUT2D eigenvalue weighted by Crippen LogP contribution is 2.41.